The van der Waals surface area contributed by atoms with E-state index < -0.39 is 11.0 Å². The van der Waals surface area contributed by atoms with Crippen LogP contribution < -0.4 is 14.2 Å². The van der Waals surface area contributed by atoms with Crippen molar-refractivity contribution in [3.8, 4) is 28.4 Å². The summed E-state index contributed by atoms with van der Waals surface area (Å²) in [5.41, 5.74) is 6.38. The predicted octanol–water partition coefficient (Wildman–Crippen LogP) is 8.27. The van der Waals surface area contributed by atoms with Crippen LogP contribution in [0.2, 0.25) is 0 Å². The van der Waals surface area contributed by atoms with Crippen molar-refractivity contribution >= 4 is 16.8 Å². The zero-order valence-corrected chi connectivity index (χ0v) is 24.2. The second-order valence-corrected chi connectivity index (χ2v) is 11.2. The van der Waals surface area contributed by atoms with Crippen LogP contribution in [0.3, 0.4) is 0 Å². The number of hydrogen-bond donors (Lipinski definition) is 1. The second kappa shape index (κ2) is 10.1. The number of fused-ring (bicyclic) bond motifs is 8. The first kappa shape index (κ1) is 26.4. The summed E-state index contributed by atoms with van der Waals surface area (Å²) in [7, 11) is 3.35. The standard InChI is InChI=1S/C38H34O4/c1-4-22-37(24-39)33-12-8-7-11-31(33)34-29-9-5-6-10-30(29)36-32(35(34)37)21-23-38(42-36,25-13-17-27(40-2)18-14-25)26-15-19-28(41-3)20-16-26/h5-21,23,39H,4,22,24H2,1-3H3. The Labute approximate surface area is 246 Å². The molecule has 0 saturated carbocycles. The molecule has 1 heterocycles. The van der Waals surface area contributed by atoms with Crippen LogP contribution in [0.4, 0.5) is 0 Å². The Morgan fingerprint density at radius 1 is 0.738 bits per heavy atom. The molecule has 0 bridgehead atoms. The molecule has 1 N–H and O–H groups in total. The Balaban J connectivity index is 1.54. The van der Waals surface area contributed by atoms with E-state index in [-0.39, 0.29) is 6.61 Å². The third-order valence-corrected chi connectivity index (χ3v) is 9.13. The topological polar surface area (TPSA) is 47.9 Å². The molecule has 5 aromatic rings. The van der Waals surface area contributed by atoms with Crippen molar-refractivity contribution in [2.45, 2.75) is 30.8 Å². The molecule has 1 atom stereocenters. The van der Waals surface area contributed by atoms with Gasteiger partial charge in [-0.15, -0.1) is 0 Å². The summed E-state index contributed by atoms with van der Waals surface area (Å²) in [5, 5.41) is 13.4. The minimum absolute atomic E-state index is 0.0333. The summed E-state index contributed by atoms with van der Waals surface area (Å²) in [6.45, 7) is 2.22. The highest BCUT2D eigenvalue weighted by Gasteiger charge is 2.47. The van der Waals surface area contributed by atoms with Crippen molar-refractivity contribution in [1.82, 2.24) is 0 Å². The van der Waals surface area contributed by atoms with Crippen LogP contribution in [0, 0.1) is 0 Å². The summed E-state index contributed by atoms with van der Waals surface area (Å²) in [6, 6.07) is 33.3. The zero-order valence-electron chi connectivity index (χ0n) is 24.2. The van der Waals surface area contributed by atoms with Crippen LogP contribution in [0.15, 0.2) is 103 Å². The average Bonchev–Trinajstić information content (AvgIpc) is 3.35. The number of methoxy groups -OCH3 is 2. The normalized spacial score (nSPS) is 17.7. The summed E-state index contributed by atoms with van der Waals surface area (Å²) in [6.07, 6.45) is 6.19. The Morgan fingerprint density at radius 3 is 1.93 bits per heavy atom. The molecule has 42 heavy (non-hydrogen) atoms. The number of hydrogen-bond acceptors (Lipinski definition) is 4. The summed E-state index contributed by atoms with van der Waals surface area (Å²) < 4.78 is 18.3. The van der Waals surface area contributed by atoms with Crippen LogP contribution in [0.25, 0.3) is 28.0 Å². The van der Waals surface area contributed by atoms with Crippen molar-refractivity contribution < 1.29 is 19.3 Å². The maximum Gasteiger partial charge on any atom is 0.178 e. The third-order valence-electron chi connectivity index (χ3n) is 9.13. The lowest BCUT2D eigenvalue weighted by Crippen LogP contribution is -2.36. The highest BCUT2D eigenvalue weighted by molar-refractivity contribution is 6.08. The molecule has 0 aromatic heterocycles. The number of ether oxygens (including phenoxy) is 3. The van der Waals surface area contributed by atoms with Crippen molar-refractivity contribution in [3.63, 3.8) is 0 Å². The summed E-state index contributed by atoms with van der Waals surface area (Å²) in [5.74, 6) is 2.41. The molecule has 0 radical (unpaired) electrons. The monoisotopic (exact) mass is 554 g/mol. The van der Waals surface area contributed by atoms with Gasteiger partial charge in [-0.1, -0.05) is 92.2 Å². The maximum absolute atomic E-state index is 11.2. The lowest BCUT2D eigenvalue weighted by Gasteiger charge is -2.39. The lowest BCUT2D eigenvalue weighted by molar-refractivity contribution is 0.162. The molecule has 0 saturated heterocycles. The largest absolute Gasteiger partial charge is 0.497 e. The Kier molecular flexibility index (Phi) is 6.32. The van der Waals surface area contributed by atoms with Gasteiger partial charge in [0, 0.05) is 27.5 Å². The van der Waals surface area contributed by atoms with Crippen LogP contribution in [0.1, 0.15) is 47.6 Å². The molecule has 4 nitrogen and oxygen atoms in total. The molecule has 1 aliphatic carbocycles. The van der Waals surface area contributed by atoms with Gasteiger partial charge in [0.15, 0.2) is 5.60 Å². The first-order chi connectivity index (χ1) is 20.6. The lowest BCUT2D eigenvalue weighted by atomic mass is 9.72. The van der Waals surface area contributed by atoms with Gasteiger partial charge in [0.25, 0.3) is 0 Å². The molecular formula is C38H34O4. The molecule has 2 aliphatic rings. The van der Waals surface area contributed by atoms with Gasteiger partial charge in [-0.25, -0.2) is 0 Å². The van der Waals surface area contributed by atoms with Crippen LogP contribution in [-0.4, -0.2) is 25.9 Å². The van der Waals surface area contributed by atoms with E-state index in [1.54, 1.807) is 14.2 Å². The number of aliphatic hydroxyl groups excluding tert-OH is 1. The van der Waals surface area contributed by atoms with Crippen molar-refractivity contribution in [2.24, 2.45) is 0 Å². The Hall–Kier alpha value is -4.54. The van der Waals surface area contributed by atoms with Crippen molar-refractivity contribution in [1.29, 1.82) is 0 Å². The number of benzene rings is 5. The van der Waals surface area contributed by atoms with E-state index in [2.05, 4.69) is 91.9 Å². The van der Waals surface area contributed by atoms with E-state index in [1.807, 2.05) is 24.3 Å². The van der Waals surface area contributed by atoms with Gasteiger partial charge in [-0.3, -0.25) is 0 Å². The smallest absolute Gasteiger partial charge is 0.178 e. The molecule has 210 valence electrons. The molecule has 7 rings (SSSR count). The highest BCUT2D eigenvalue weighted by Crippen LogP contribution is 2.59. The van der Waals surface area contributed by atoms with E-state index >= 15 is 0 Å². The third kappa shape index (κ3) is 3.65. The van der Waals surface area contributed by atoms with Gasteiger partial charge >= 0.3 is 0 Å². The Morgan fingerprint density at radius 2 is 1.33 bits per heavy atom. The molecule has 0 amide bonds. The van der Waals surface area contributed by atoms with Crippen LogP contribution in [-0.2, 0) is 11.0 Å². The van der Waals surface area contributed by atoms with Crippen LogP contribution >= 0.6 is 0 Å². The van der Waals surface area contributed by atoms with Gasteiger partial charge in [-0.2, -0.15) is 0 Å². The van der Waals surface area contributed by atoms with E-state index in [4.69, 9.17) is 14.2 Å². The molecule has 1 unspecified atom stereocenters. The molecule has 5 aromatic carbocycles. The van der Waals surface area contributed by atoms with Gasteiger partial charge < -0.3 is 19.3 Å². The fraction of sp³-hybridized carbons (Fsp3) is 0.211. The Bertz CT molecular complexity index is 1770. The van der Waals surface area contributed by atoms with Crippen molar-refractivity contribution in [2.75, 3.05) is 20.8 Å². The fourth-order valence-corrected chi connectivity index (χ4v) is 7.21. The minimum Gasteiger partial charge on any atom is -0.497 e. The fourth-order valence-electron chi connectivity index (χ4n) is 7.21. The summed E-state index contributed by atoms with van der Waals surface area (Å²) >= 11 is 0. The number of rotatable bonds is 7. The maximum atomic E-state index is 11.2. The van der Waals surface area contributed by atoms with Gasteiger partial charge in [0.05, 0.1) is 20.8 Å². The second-order valence-electron chi connectivity index (χ2n) is 11.2. The van der Waals surface area contributed by atoms with Gasteiger partial charge in [-0.05, 0) is 64.4 Å². The molecule has 0 spiro atoms. The number of aliphatic hydroxyl groups is 1. The molecule has 4 heteroatoms. The minimum atomic E-state index is -0.888. The van der Waals surface area contributed by atoms with Crippen LogP contribution in [0.5, 0.6) is 17.2 Å². The molecular weight excluding hydrogens is 520 g/mol. The quantitative estimate of drug-likeness (QED) is 0.220. The average molecular weight is 555 g/mol. The van der Waals surface area contributed by atoms with E-state index in [0.29, 0.717) is 0 Å². The highest BCUT2D eigenvalue weighted by atomic mass is 16.5. The van der Waals surface area contributed by atoms with Gasteiger partial charge in [0.2, 0.25) is 0 Å². The van der Waals surface area contributed by atoms with Crippen molar-refractivity contribution in [3.05, 3.63) is 131 Å². The summed E-state index contributed by atoms with van der Waals surface area (Å²) in [4.78, 5) is 0. The zero-order chi connectivity index (χ0) is 28.9. The molecule has 1 aliphatic heterocycles. The SMILES string of the molecule is CCCC1(CO)c2ccccc2-c2c1c1c(c3ccccc23)OC(c2ccc(OC)cc2)(c2ccc(OC)cc2)C=C1. The van der Waals surface area contributed by atoms with Gasteiger partial charge in [0.1, 0.15) is 17.2 Å². The van der Waals surface area contributed by atoms with E-state index in [9.17, 15) is 5.11 Å². The first-order valence-corrected chi connectivity index (χ1v) is 14.6. The first-order valence-electron chi connectivity index (χ1n) is 14.6. The molecule has 0 fully saturated rings. The van der Waals surface area contributed by atoms with E-state index in [1.165, 1.54) is 16.7 Å². The predicted molar refractivity (Wildman–Crippen MR) is 169 cm³/mol. The van der Waals surface area contributed by atoms with E-state index in [0.717, 1.165) is 63.1 Å².